The molecule has 3 aromatic carbocycles. The molecule has 0 spiro atoms. The molecular formula is C27H24FIN2O2. The Morgan fingerprint density at radius 2 is 1.79 bits per heavy atom. The minimum absolute atomic E-state index is 0.0559. The molecule has 0 aliphatic carbocycles. The molecular weight excluding hydrogens is 530 g/mol. The number of anilines is 1. The molecule has 1 amide bonds. The van der Waals surface area contributed by atoms with Gasteiger partial charge in [-0.15, -0.1) is 0 Å². The molecule has 1 N–H and O–H groups in total. The summed E-state index contributed by atoms with van der Waals surface area (Å²) in [6, 6.07) is 17.6. The molecule has 0 fully saturated rings. The summed E-state index contributed by atoms with van der Waals surface area (Å²) in [5, 5.41) is 12.2. The number of aryl methyl sites for hydroxylation is 2. The molecule has 0 heterocycles. The molecule has 6 heteroatoms. The Morgan fingerprint density at radius 3 is 2.39 bits per heavy atom. The lowest BCUT2D eigenvalue weighted by atomic mass is 9.98. The Bertz CT molecular complexity index is 1220. The van der Waals surface area contributed by atoms with Crippen LogP contribution in [0.25, 0.3) is 6.08 Å². The number of nitriles is 1. The first-order chi connectivity index (χ1) is 15.8. The van der Waals surface area contributed by atoms with Gasteiger partial charge in [0, 0.05) is 21.2 Å². The zero-order valence-corrected chi connectivity index (χ0v) is 20.9. The first-order valence-corrected chi connectivity index (χ1v) is 11.6. The van der Waals surface area contributed by atoms with Crippen molar-refractivity contribution in [1.82, 2.24) is 0 Å². The van der Waals surface area contributed by atoms with Gasteiger partial charge < -0.3 is 10.1 Å². The van der Waals surface area contributed by atoms with Crippen LogP contribution >= 0.6 is 22.6 Å². The second kappa shape index (κ2) is 11.1. The van der Waals surface area contributed by atoms with E-state index in [-0.39, 0.29) is 5.57 Å². The van der Waals surface area contributed by atoms with Crippen molar-refractivity contribution in [3.8, 4) is 11.8 Å². The quantitative estimate of drug-likeness (QED) is 0.204. The first-order valence-electron chi connectivity index (χ1n) is 10.5. The van der Waals surface area contributed by atoms with Crippen LogP contribution in [0.2, 0.25) is 0 Å². The van der Waals surface area contributed by atoms with E-state index in [2.05, 4.69) is 60.0 Å². The number of carbonyl (C=O) groups is 1. The lowest BCUT2D eigenvalue weighted by Crippen LogP contribution is -2.13. The highest BCUT2D eigenvalue weighted by Crippen LogP contribution is 2.30. The summed E-state index contributed by atoms with van der Waals surface area (Å²) in [6.45, 7) is 6.59. The van der Waals surface area contributed by atoms with E-state index in [1.165, 1.54) is 47.0 Å². The molecule has 0 saturated heterocycles. The molecule has 33 heavy (non-hydrogen) atoms. The van der Waals surface area contributed by atoms with Crippen LogP contribution in [0, 0.1) is 34.6 Å². The van der Waals surface area contributed by atoms with Crippen molar-refractivity contribution in [2.24, 2.45) is 0 Å². The molecule has 0 aliphatic rings. The minimum atomic E-state index is -0.559. The zero-order valence-electron chi connectivity index (χ0n) is 18.7. The van der Waals surface area contributed by atoms with Crippen LogP contribution in [0.5, 0.6) is 5.75 Å². The Kier molecular flexibility index (Phi) is 8.23. The van der Waals surface area contributed by atoms with E-state index in [4.69, 9.17) is 4.74 Å². The third-order valence-electron chi connectivity index (χ3n) is 4.92. The molecule has 168 valence electrons. The number of hydrogen-bond acceptors (Lipinski definition) is 3. The molecule has 3 aromatic rings. The standard InChI is InChI=1S/C27H24FIN2O2/c1-4-33-26-15-20(12-21(16-30)27(32)31-23-7-5-22(28)6-8-23)14-25(29)24(26)13-19-10-17(2)9-18(3)11-19/h5-12,14-15H,4,13H2,1-3H3,(H,31,32)/b21-12+. The van der Waals surface area contributed by atoms with Gasteiger partial charge in [-0.1, -0.05) is 29.3 Å². The topological polar surface area (TPSA) is 62.1 Å². The molecule has 0 atom stereocenters. The Labute approximate surface area is 207 Å². The summed E-state index contributed by atoms with van der Waals surface area (Å²) in [5.74, 6) is -0.231. The zero-order chi connectivity index (χ0) is 24.0. The van der Waals surface area contributed by atoms with Crippen molar-refractivity contribution in [2.45, 2.75) is 27.2 Å². The monoisotopic (exact) mass is 554 g/mol. The summed E-state index contributed by atoms with van der Waals surface area (Å²) >= 11 is 2.27. The van der Waals surface area contributed by atoms with Crippen LogP contribution in [0.3, 0.4) is 0 Å². The molecule has 0 aliphatic heterocycles. The average Bonchev–Trinajstić information content (AvgIpc) is 2.75. The number of hydrogen-bond donors (Lipinski definition) is 1. The van der Waals surface area contributed by atoms with Crippen LogP contribution in [0.4, 0.5) is 10.1 Å². The number of benzene rings is 3. The second-order valence-electron chi connectivity index (χ2n) is 7.72. The van der Waals surface area contributed by atoms with Crippen molar-refractivity contribution < 1.29 is 13.9 Å². The SMILES string of the molecule is CCOc1cc(/C=C(\C#N)C(=O)Nc2ccc(F)cc2)cc(I)c1Cc1cc(C)cc(C)c1. The Balaban J connectivity index is 1.92. The van der Waals surface area contributed by atoms with Crippen LogP contribution in [0.15, 0.2) is 60.2 Å². The van der Waals surface area contributed by atoms with Gasteiger partial charge in [-0.25, -0.2) is 4.39 Å². The highest BCUT2D eigenvalue weighted by Gasteiger charge is 2.14. The fourth-order valence-electron chi connectivity index (χ4n) is 3.59. The van der Waals surface area contributed by atoms with E-state index in [9.17, 15) is 14.4 Å². The number of amides is 1. The van der Waals surface area contributed by atoms with Gasteiger partial charge in [0.05, 0.1) is 6.61 Å². The fraction of sp³-hybridized carbons (Fsp3) is 0.185. The van der Waals surface area contributed by atoms with Crippen LogP contribution < -0.4 is 10.1 Å². The van der Waals surface area contributed by atoms with Gasteiger partial charge in [0.1, 0.15) is 23.2 Å². The molecule has 0 unspecified atom stereocenters. The van der Waals surface area contributed by atoms with E-state index in [1.54, 1.807) is 0 Å². The number of rotatable bonds is 7. The lowest BCUT2D eigenvalue weighted by Gasteiger charge is -2.15. The molecule has 0 radical (unpaired) electrons. The van der Waals surface area contributed by atoms with Crippen LogP contribution in [-0.4, -0.2) is 12.5 Å². The third-order valence-corrected chi connectivity index (χ3v) is 5.88. The fourth-order valence-corrected chi connectivity index (χ4v) is 4.41. The van der Waals surface area contributed by atoms with E-state index in [1.807, 2.05) is 25.1 Å². The van der Waals surface area contributed by atoms with Gasteiger partial charge in [-0.2, -0.15) is 5.26 Å². The van der Waals surface area contributed by atoms with Gasteiger partial charge in [0.25, 0.3) is 5.91 Å². The van der Waals surface area contributed by atoms with Crippen molar-refractivity contribution in [3.63, 3.8) is 0 Å². The molecule has 0 aromatic heterocycles. The van der Waals surface area contributed by atoms with E-state index in [0.29, 0.717) is 17.9 Å². The van der Waals surface area contributed by atoms with Crippen LogP contribution in [0.1, 0.15) is 34.7 Å². The number of nitrogens with zero attached hydrogens (tertiary/aromatic N) is 1. The predicted octanol–water partition coefficient (Wildman–Crippen LogP) is 6.58. The molecule has 0 bridgehead atoms. The maximum atomic E-state index is 13.1. The minimum Gasteiger partial charge on any atom is -0.494 e. The highest BCUT2D eigenvalue weighted by molar-refractivity contribution is 14.1. The van der Waals surface area contributed by atoms with Crippen molar-refractivity contribution in [3.05, 3.63) is 97.4 Å². The van der Waals surface area contributed by atoms with Crippen molar-refractivity contribution in [2.75, 3.05) is 11.9 Å². The third kappa shape index (κ3) is 6.65. The molecule has 4 nitrogen and oxygen atoms in total. The summed E-state index contributed by atoms with van der Waals surface area (Å²) in [7, 11) is 0. The Morgan fingerprint density at radius 1 is 1.12 bits per heavy atom. The number of halogens is 2. The van der Waals surface area contributed by atoms with Crippen molar-refractivity contribution in [1.29, 1.82) is 5.26 Å². The van der Waals surface area contributed by atoms with Gasteiger partial charge in [-0.05, 0) is 97.0 Å². The van der Waals surface area contributed by atoms with E-state index >= 15 is 0 Å². The summed E-state index contributed by atoms with van der Waals surface area (Å²) in [6.07, 6.45) is 2.25. The Hall–Kier alpha value is -3.18. The number of ether oxygens (including phenoxy) is 1. The largest absolute Gasteiger partial charge is 0.494 e. The van der Waals surface area contributed by atoms with Gasteiger partial charge in [0.2, 0.25) is 0 Å². The van der Waals surface area contributed by atoms with E-state index < -0.39 is 11.7 Å². The summed E-state index contributed by atoms with van der Waals surface area (Å²) in [5.41, 5.74) is 5.74. The van der Waals surface area contributed by atoms with Gasteiger partial charge in [0.15, 0.2) is 0 Å². The predicted molar refractivity (Wildman–Crippen MR) is 138 cm³/mol. The van der Waals surface area contributed by atoms with Crippen molar-refractivity contribution >= 4 is 40.3 Å². The summed E-state index contributed by atoms with van der Waals surface area (Å²) in [4.78, 5) is 12.6. The number of nitrogens with one attached hydrogen (secondary N) is 1. The normalized spacial score (nSPS) is 11.1. The highest BCUT2D eigenvalue weighted by atomic mass is 127. The first kappa shape index (κ1) is 24.5. The second-order valence-corrected chi connectivity index (χ2v) is 8.88. The molecule has 3 rings (SSSR count). The summed E-state index contributed by atoms with van der Waals surface area (Å²) < 4.78 is 20.0. The number of carbonyl (C=O) groups excluding carboxylic acids is 1. The van der Waals surface area contributed by atoms with Gasteiger partial charge >= 0.3 is 0 Å². The molecule has 0 saturated carbocycles. The van der Waals surface area contributed by atoms with Gasteiger partial charge in [-0.3, -0.25) is 4.79 Å². The maximum absolute atomic E-state index is 13.1. The lowest BCUT2D eigenvalue weighted by molar-refractivity contribution is -0.112. The maximum Gasteiger partial charge on any atom is 0.266 e. The smallest absolute Gasteiger partial charge is 0.266 e. The average molecular weight is 554 g/mol. The van der Waals surface area contributed by atoms with Crippen LogP contribution in [-0.2, 0) is 11.2 Å². The van der Waals surface area contributed by atoms with E-state index in [0.717, 1.165) is 21.3 Å².